The summed E-state index contributed by atoms with van der Waals surface area (Å²) in [5.41, 5.74) is 7.71. The highest BCUT2D eigenvalue weighted by atomic mass is 28.2. The van der Waals surface area contributed by atoms with Gasteiger partial charge in [0.1, 0.15) is 0 Å². The van der Waals surface area contributed by atoms with E-state index in [9.17, 15) is 5.11 Å². The maximum Gasteiger partial charge on any atom is -0.0205 e. The summed E-state index contributed by atoms with van der Waals surface area (Å²) in [5, 5.41) is 15.6. The average molecular weight is 536 g/mol. The number of benzene rings is 4. The van der Waals surface area contributed by atoms with Gasteiger partial charge in [0.25, 0.3) is 0 Å². The van der Waals surface area contributed by atoms with Crippen LogP contribution in [0.3, 0.4) is 0 Å². The Bertz CT molecular complexity index is 1510. The van der Waals surface area contributed by atoms with E-state index in [1.54, 1.807) is 0 Å². The lowest BCUT2D eigenvalue weighted by Gasteiger charge is -2.65. The predicted octanol–water partition coefficient (Wildman–Crippen LogP) is 9.20. The van der Waals surface area contributed by atoms with Gasteiger partial charge in [-0.3, -0.25) is 0 Å². The Labute approximate surface area is 239 Å². The molecule has 4 aliphatic carbocycles. The molecule has 0 spiro atoms. The monoisotopic (exact) mass is 535 g/mol. The van der Waals surface area contributed by atoms with Gasteiger partial charge in [-0.25, -0.2) is 8.40 Å². The van der Waals surface area contributed by atoms with Crippen molar-refractivity contribution in [1.82, 2.24) is 0 Å². The predicted molar refractivity (Wildman–Crippen MR) is 167 cm³/mol. The van der Waals surface area contributed by atoms with E-state index in [1.165, 1.54) is 75.8 Å². The number of rotatable bonds is 5. The maximum atomic E-state index is 13.5. The Kier molecular flexibility index (Phi) is 5.83. The summed E-state index contributed by atoms with van der Waals surface area (Å²) in [5.74, 6) is 2.40. The lowest BCUT2D eigenvalue weighted by molar-refractivity contribution is -0.153. The first-order valence-electron chi connectivity index (χ1n) is 15.0. The Hall–Kier alpha value is -3.46. The molecule has 0 unspecified atom stereocenters. The van der Waals surface area contributed by atoms with Gasteiger partial charge in [-0.15, -0.1) is 0 Å². The molecule has 40 heavy (non-hydrogen) atoms. The van der Waals surface area contributed by atoms with E-state index in [4.69, 9.17) is 0 Å². The largest absolute Gasteiger partial charge is 0.422 e. The third-order valence-electron chi connectivity index (χ3n) is 10.3. The van der Waals surface area contributed by atoms with Crippen molar-refractivity contribution in [1.29, 1.82) is 0 Å². The van der Waals surface area contributed by atoms with Crippen molar-refractivity contribution >= 4 is 8.40 Å². The Morgan fingerprint density at radius 1 is 0.450 bits per heavy atom. The molecule has 4 fully saturated rings. The molecule has 4 aliphatic rings. The molecule has 1 heterocycles. The van der Waals surface area contributed by atoms with Crippen LogP contribution in [0.5, 0.6) is 0 Å². The fourth-order valence-corrected chi connectivity index (χ4v) is 13.2. The zero-order valence-electron chi connectivity index (χ0n) is 22.8. The third kappa shape index (κ3) is 3.69. The zero-order chi connectivity index (χ0) is 26.7. The molecular weight excluding hydrogens is 501 g/mol. The second-order valence-corrected chi connectivity index (χ2v) is 15.0. The van der Waals surface area contributed by atoms with Crippen molar-refractivity contribution in [2.45, 2.75) is 37.3 Å². The lowest BCUT2D eigenvalue weighted by atomic mass is 9.54. The van der Waals surface area contributed by atoms with Crippen molar-refractivity contribution in [3.05, 3.63) is 121 Å². The summed E-state index contributed by atoms with van der Waals surface area (Å²) >= 11 is 0. The van der Waals surface area contributed by atoms with Crippen LogP contribution in [0.1, 0.15) is 32.1 Å². The Morgan fingerprint density at radius 2 is 0.775 bits per heavy atom. The molecule has 1 nitrogen and oxygen atoms in total. The topological polar surface area (TPSA) is 20.2 Å². The zero-order valence-corrected chi connectivity index (χ0v) is 23.8. The van der Waals surface area contributed by atoms with E-state index >= 15 is 0 Å². The van der Waals surface area contributed by atoms with E-state index in [-0.39, 0.29) is 0 Å². The molecule has 1 aromatic heterocycles. The first-order valence-corrected chi connectivity index (χ1v) is 16.5. The second-order valence-electron chi connectivity index (χ2n) is 12.5. The fourth-order valence-electron chi connectivity index (χ4n) is 8.91. The Morgan fingerprint density at radius 3 is 1.12 bits per heavy atom. The minimum Gasteiger partial charge on any atom is -0.422 e. The lowest BCUT2D eigenvalue weighted by Crippen LogP contribution is -2.59. The first-order chi connectivity index (χ1) is 19.7. The molecule has 1 N–H and O–H groups in total. The second kappa shape index (κ2) is 9.57. The summed E-state index contributed by atoms with van der Waals surface area (Å²) in [4.78, 5) is 0. The molecule has 2 heteroatoms. The van der Waals surface area contributed by atoms with Gasteiger partial charge in [0.15, 0.2) is 0 Å². The molecule has 0 aliphatic heterocycles. The van der Waals surface area contributed by atoms with Crippen molar-refractivity contribution < 1.29 is 5.11 Å². The molecule has 9 rings (SSSR count). The minimum absolute atomic E-state index is 0.391. The van der Waals surface area contributed by atoms with Crippen LogP contribution in [-0.4, -0.2) is 13.5 Å². The SMILES string of the molecule is OC1([si-]2c(-c3ccccc3)c(-c3ccccc3)c(-c3ccccc3)c2-c2ccccc2)C2CC3CC(C2)CC1C3. The number of aliphatic hydroxyl groups is 1. The highest BCUT2D eigenvalue weighted by Gasteiger charge is 2.53. The van der Waals surface area contributed by atoms with E-state index in [0.29, 0.717) is 11.8 Å². The van der Waals surface area contributed by atoms with Gasteiger partial charge >= 0.3 is 0 Å². The van der Waals surface area contributed by atoms with E-state index in [1.807, 2.05) is 0 Å². The summed E-state index contributed by atoms with van der Waals surface area (Å²) in [6.45, 7) is 0. The van der Waals surface area contributed by atoms with Crippen molar-refractivity contribution in [3.8, 4) is 43.7 Å². The van der Waals surface area contributed by atoms with Crippen molar-refractivity contribution in [3.63, 3.8) is 0 Å². The summed E-state index contributed by atoms with van der Waals surface area (Å²) in [6.07, 6.45) is 6.18. The van der Waals surface area contributed by atoms with E-state index in [2.05, 4.69) is 121 Å². The Balaban J connectivity index is 1.55. The standard InChI is InChI=1S/C38H35OSi/c39-38(32-22-26-21-27(24-32)25-33(38)23-26)40-36(30-17-9-3-10-18-30)34(28-13-5-1-6-14-28)35(29-15-7-2-8-16-29)37(40)31-19-11-4-12-20-31/h1-20,26-27,32-33,39H,21-25H2/q-1. The summed E-state index contributed by atoms with van der Waals surface area (Å²) < 4.78 is 0. The maximum absolute atomic E-state index is 13.5. The van der Waals surface area contributed by atoms with Crippen LogP contribution in [0.25, 0.3) is 43.7 Å². The quantitative estimate of drug-likeness (QED) is 0.222. The smallest absolute Gasteiger partial charge is 0.0205 e. The highest BCUT2D eigenvalue weighted by molar-refractivity contribution is 6.73. The molecule has 0 radical (unpaired) electrons. The van der Waals surface area contributed by atoms with Crippen LogP contribution in [0.4, 0.5) is 0 Å². The van der Waals surface area contributed by atoms with Gasteiger partial charge < -0.3 is 5.11 Å². The molecule has 4 aromatic carbocycles. The molecule has 0 saturated heterocycles. The van der Waals surface area contributed by atoms with Crippen molar-refractivity contribution in [2.75, 3.05) is 0 Å². The van der Waals surface area contributed by atoms with Crippen LogP contribution in [0, 0.1) is 23.7 Å². The van der Waals surface area contributed by atoms with Gasteiger partial charge in [0.2, 0.25) is 0 Å². The summed E-state index contributed by atoms with van der Waals surface area (Å²) in [6, 6.07) is 44.1. The number of hydrogen-bond donors (Lipinski definition) is 1. The normalized spacial score (nSPS) is 26.7. The van der Waals surface area contributed by atoms with Crippen LogP contribution >= 0.6 is 0 Å². The highest BCUT2D eigenvalue weighted by Crippen LogP contribution is 2.63. The van der Waals surface area contributed by atoms with Crippen LogP contribution in [-0.2, 0) is 5.22 Å². The third-order valence-corrected chi connectivity index (χ3v) is 14.0. The molecular formula is C38H35OSi-. The first kappa shape index (κ1) is 24.3. The molecule has 0 atom stereocenters. The fraction of sp³-hybridized carbons (Fsp3) is 0.263. The van der Waals surface area contributed by atoms with Crippen LogP contribution < -0.4 is 0 Å². The van der Waals surface area contributed by atoms with Gasteiger partial charge in [-0.2, -0.15) is 10.3 Å². The number of hydrogen-bond acceptors (Lipinski definition) is 1. The minimum atomic E-state index is -1.63. The van der Waals surface area contributed by atoms with E-state index in [0.717, 1.165) is 11.8 Å². The van der Waals surface area contributed by atoms with Crippen LogP contribution in [0.2, 0.25) is 0 Å². The van der Waals surface area contributed by atoms with E-state index < -0.39 is 13.6 Å². The average Bonchev–Trinajstić information content (AvgIpc) is 3.38. The van der Waals surface area contributed by atoms with Gasteiger partial charge in [-0.05, 0) is 83.3 Å². The molecule has 4 saturated carbocycles. The van der Waals surface area contributed by atoms with Gasteiger partial charge in [-0.1, -0.05) is 132 Å². The molecule has 5 aromatic rings. The van der Waals surface area contributed by atoms with Gasteiger partial charge in [0, 0.05) is 0 Å². The van der Waals surface area contributed by atoms with Crippen LogP contribution in [0.15, 0.2) is 121 Å². The molecule has 198 valence electrons. The molecule has 0 amide bonds. The van der Waals surface area contributed by atoms with Gasteiger partial charge in [0.05, 0.1) is 0 Å². The van der Waals surface area contributed by atoms with Crippen molar-refractivity contribution in [2.24, 2.45) is 23.7 Å². The summed E-state index contributed by atoms with van der Waals surface area (Å²) in [7, 11) is -1.63. The molecule has 4 bridgehead atoms.